The van der Waals surface area contributed by atoms with Crippen LogP contribution in [0, 0.1) is 17.1 Å². The molecule has 4 aromatic rings. The number of benzene rings is 1. The van der Waals surface area contributed by atoms with Crippen LogP contribution < -0.4 is 0 Å². The molecule has 0 radical (unpaired) electrons. The highest BCUT2D eigenvalue weighted by Crippen LogP contribution is 2.47. The molecule has 1 aliphatic carbocycles. The molecular formula is C21H16FN5. The Balaban J connectivity index is 1.77. The molecule has 5 rings (SSSR count). The van der Waals surface area contributed by atoms with Crippen LogP contribution in [0.2, 0.25) is 0 Å². The van der Waals surface area contributed by atoms with Crippen molar-refractivity contribution in [2.75, 3.05) is 0 Å². The van der Waals surface area contributed by atoms with E-state index in [0.717, 1.165) is 40.9 Å². The van der Waals surface area contributed by atoms with Crippen LogP contribution in [0.5, 0.6) is 0 Å². The van der Waals surface area contributed by atoms with Gasteiger partial charge < -0.3 is 0 Å². The summed E-state index contributed by atoms with van der Waals surface area (Å²) in [5, 5.41) is 14.1. The van der Waals surface area contributed by atoms with Gasteiger partial charge in [0.05, 0.1) is 6.20 Å². The zero-order valence-electron chi connectivity index (χ0n) is 14.7. The fourth-order valence-corrected chi connectivity index (χ4v) is 3.67. The van der Waals surface area contributed by atoms with E-state index in [-0.39, 0.29) is 5.82 Å². The van der Waals surface area contributed by atoms with Gasteiger partial charge in [0.15, 0.2) is 0 Å². The molecule has 0 atom stereocenters. The van der Waals surface area contributed by atoms with Gasteiger partial charge in [0.2, 0.25) is 0 Å². The molecule has 0 aliphatic heterocycles. The Morgan fingerprint density at radius 2 is 1.85 bits per heavy atom. The lowest BCUT2D eigenvalue weighted by molar-refractivity contribution is 0.628. The molecule has 0 saturated heterocycles. The monoisotopic (exact) mass is 357 g/mol. The summed E-state index contributed by atoms with van der Waals surface area (Å²) in [6, 6.07) is 12.5. The highest BCUT2D eigenvalue weighted by molar-refractivity contribution is 5.83. The second-order valence-corrected chi connectivity index (χ2v) is 6.91. The van der Waals surface area contributed by atoms with Gasteiger partial charge in [-0.15, -0.1) is 0 Å². The molecule has 0 amide bonds. The molecule has 0 spiro atoms. The normalized spacial score (nSPS) is 13.8. The highest BCUT2D eigenvalue weighted by atomic mass is 19.1. The van der Waals surface area contributed by atoms with E-state index in [4.69, 9.17) is 5.10 Å². The largest absolute Gasteiger partial charge is 0.291 e. The summed E-state index contributed by atoms with van der Waals surface area (Å²) >= 11 is 0. The summed E-state index contributed by atoms with van der Waals surface area (Å²) in [6.07, 6.45) is 5.81. The van der Waals surface area contributed by atoms with Crippen LogP contribution >= 0.6 is 0 Å². The van der Waals surface area contributed by atoms with Gasteiger partial charge in [-0.3, -0.25) is 9.08 Å². The number of hydrogen-bond acceptors (Lipinski definition) is 3. The first-order valence-corrected chi connectivity index (χ1v) is 8.86. The maximum atomic E-state index is 13.4. The summed E-state index contributed by atoms with van der Waals surface area (Å²) < 4.78 is 17.1. The van der Waals surface area contributed by atoms with Crippen molar-refractivity contribution in [1.29, 1.82) is 5.26 Å². The minimum atomic E-state index is -0.267. The van der Waals surface area contributed by atoms with Gasteiger partial charge in [0.1, 0.15) is 28.9 Å². The third kappa shape index (κ3) is 2.51. The van der Waals surface area contributed by atoms with Crippen LogP contribution in [0.4, 0.5) is 4.39 Å². The number of imidazole rings is 1. The highest BCUT2D eigenvalue weighted by Gasteiger charge is 2.32. The summed E-state index contributed by atoms with van der Waals surface area (Å²) in [6.45, 7) is 0. The minimum Gasteiger partial charge on any atom is -0.291 e. The average Bonchev–Trinajstić information content (AvgIpc) is 3.34. The van der Waals surface area contributed by atoms with Gasteiger partial charge >= 0.3 is 0 Å². The number of rotatable bonds is 3. The van der Waals surface area contributed by atoms with E-state index in [9.17, 15) is 9.65 Å². The van der Waals surface area contributed by atoms with Crippen LogP contribution in [-0.2, 0) is 7.05 Å². The maximum absolute atomic E-state index is 13.4. The molecule has 5 nitrogen and oxygen atoms in total. The predicted octanol–water partition coefficient (Wildman–Crippen LogP) is 4.29. The molecule has 6 heteroatoms. The number of nitrogens with zero attached hydrogens (tertiary/aromatic N) is 5. The molecule has 3 aromatic heterocycles. The van der Waals surface area contributed by atoms with Crippen LogP contribution in [0.3, 0.4) is 0 Å². The molecule has 0 bridgehead atoms. The van der Waals surface area contributed by atoms with Crippen molar-refractivity contribution in [2.24, 2.45) is 7.05 Å². The van der Waals surface area contributed by atoms with Gasteiger partial charge in [-0.1, -0.05) is 0 Å². The lowest BCUT2D eigenvalue weighted by atomic mass is 9.98. The number of pyridine rings is 1. The Bertz CT molecular complexity index is 1210. The first kappa shape index (κ1) is 15.8. The van der Waals surface area contributed by atoms with E-state index in [1.54, 1.807) is 22.7 Å². The fourth-order valence-electron chi connectivity index (χ4n) is 3.67. The van der Waals surface area contributed by atoms with E-state index < -0.39 is 0 Å². The third-order valence-corrected chi connectivity index (χ3v) is 5.08. The van der Waals surface area contributed by atoms with Crippen LogP contribution in [0.1, 0.15) is 30.1 Å². The first-order chi connectivity index (χ1) is 13.2. The van der Waals surface area contributed by atoms with Crippen LogP contribution in [0.15, 0.2) is 48.8 Å². The molecular weight excluding hydrogens is 341 g/mol. The summed E-state index contributed by atoms with van der Waals surface area (Å²) in [5.74, 6) is 0.220. The number of hydrogen-bond donors (Lipinski definition) is 0. The Hall–Kier alpha value is -3.46. The van der Waals surface area contributed by atoms with E-state index in [1.807, 2.05) is 30.1 Å². The quantitative estimate of drug-likeness (QED) is 0.549. The van der Waals surface area contributed by atoms with E-state index in [2.05, 4.69) is 11.1 Å². The molecule has 132 valence electrons. The number of nitriles is 1. The summed E-state index contributed by atoms with van der Waals surface area (Å²) in [4.78, 5) is 4.27. The van der Waals surface area contributed by atoms with Crippen LogP contribution in [-0.4, -0.2) is 19.2 Å². The molecule has 1 aliphatic rings. The number of aromatic nitrogens is 4. The van der Waals surface area contributed by atoms with Crippen molar-refractivity contribution in [3.8, 4) is 28.5 Å². The standard InChI is InChI=1S/C21H16FN5/c1-26-21(14-2-3-14)19(20(25-26)13-4-7-16(22)8-5-13)15-6-9-18-24-11-17(10-23)27(18)12-15/h4-9,11-12,14H,2-3H2,1H3. The van der Waals surface area contributed by atoms with E-state index in [1.165, 1.54) is 17.8 Å². The van der Waals surface area contributed by atoms with E-state index >= 15 is 0 Å². The first-order valence-electron chi connectivity index (χ1n) is 8.86. The molecule has 1 fully saturated rings. The predicted molar refractivity (Wildman–Crippen MR) is 99.5 cm³/mol. The Morgan fingerprint density at radius 3 is 2.56 bits per heavy atom. The lowest BCUT2D eigenvalue weighted by Crippen LogP contribution is -1.97. The van der Waals surface area contributed by atoms with Crippen LogP contribution in [0.25, 0.3) is 28.0 Å². The lowest BCUT2D eigenvalue weighted by Gasteiger charge is -2.08. The zero-order chi connectivity index (χ0) is 18.5. The van der Waals surface area contributed by atoms with Crippen molar-refractivity contribution in [1.82, 2.24) is 19.2 Å². The number of halogens is 1. The minimum absolute atomic E-state index is 0.267. The van der Waals surface area contributed by atoms with Gasteiger partial charge in [-0.05, 0) is 49.2 Å². The van der Waals surface area contributed by atoms with Crippen molar-refractivity contribution in [3.05, 3.63) is 66.0 Å². The maximum Gasteiger partial charge on any atom is 0.144 e. The van der Waals surface area contributed by atoms with E-state index in [0.29, 0.717) is 11.6 Å². The third-order valence-electron chi connectivity index (χ3n) is 5.08. The average molecular weight is 357 g/mol. The molecule has 1 aromatic carbocycles. The molecule has 0 N–H and O–H groups in total. The summed E-state index contributed by atoms with van der Waals surface area (Å²) in [5.41, 5.74) is 6.14. The Labute approximate surface area is 155 Å². The smallest absolute Gasteiger partial charge is 0.144 e. The van der Waals surface area contributed by atoms with Gasteiger partial charge in [0.25, 0.3) is 0 Å². The Kier molecular flexibility index (Phi) is 3.37. The topological polar surface area (TPSA) is 58.9 Å². The summed E-state index contributed by atoms with van der Waals surface area (Å²) in [7, 11) is 1.96. The van der Waals surface area contributed by atoms with Crippen molar-refractivity contribution in [2.45, 2.75) is 18.8 Å². The van der Waals surface area contributed by atoms with Gasteiger partial charge in [0, 0.05) is 41.5 Å². The number of aryl methyl sites for hydroxylation is 1. The second-order valence-electron chi connectivity index (χ2n) is 6.91. The van der Waals surface area contributed by atoms with Crippen molar-refractivity contribution >= 4 is 5.65 Å². The van der Waals surface area contributed by atoms with Crippen molar-refractivity contribution in [3.63, 3.8) is 0 Å². The Morgan fingerprint density at radius 1 is 1.11 bits per heavy atom. The molecule has 1 saturated carbocycles. The second kappa shape index (κ2) is 5.78. The SMILES string of the molecule is Cn1nc(-c2ccc(F)cc2)c(-c2ccc3ncc(C#N)n3c2)c1C1CC1. The molecule has 0 unspecified atom stereocenters. The zero-order valence-corrected chi connectivity index (χ0v) is 14.7. The molecule has 27 heavy (non-hydrogen) atoms. The molecule has 3 heterocycles. The van der Waals surface area contributed by atoms with Crippen molar-refractivity contribution < 1.29 is 4.39 Å². The fraction of sp³-hybridized carbons (Fsp3) is 0.190. The number of fused-ring (bicyclic) bond motifs is 1. The van der Waals surface area contributed by atoms with Gasteiger partial charge in [-0.25, -0.2) is 9.37 Å². The van der Waals surface area contributed by atoms with Gasteiger partial charge in [-0.2, -0.15) is 10.4 Å².